The predicted octanol–water partition coefficient (Wildman–Crippen LogP) is 2.91. The summed E-state index contributed by atoms with van der Waals surface area (Å²) in [4.78, 5) is 10.8. The molecule has 0 atom stereocenters. The van der Waals surface area contributed by atoms with Crippen LogP contribution in [0, 0.1) is 0 Å². The molecule has 0 saturated heterocycles. The number of carbonyl (C=O) groups excluding carboxylic acids is 1. The number of hydrogen-bond acceptors (Lipinski definition) is 1. The lowest BCUT2D eigenvalue weighted by atomic mass is 10.1. The fraction of sp³-hybridized carbons (Fsp3) is 0.214. The second-order valence-corrected chi connectivity index (χ2v) is 3.80. The number of benzene rings is 1. The molecule has 82 valence electrons. The summed E-state index contributed by atoms with van der Waals surface area (Å²) >= 11 is 0. The van der Waals surface area contributed by atoms with Gasteiger partial charge >= 0.3 is 0 Å². The number of aldehydes is 1. The van der Waals surface area contributed by atoms with E-state index < -0.39 is 0 Å². The Morgan fingerprint density at radius 2 is 1.88 bits per heavy atom. The Morgan fingerprint density at radius 1 is 1.12 bits per heavy atom. The van der Waals surface area contributed by atoms with Crippen molar-refractivity contribution in [2.75, 3.05) is 0 Å². The van der Waals surface area contributed by atoms with Crippen molar-refractivity contribution in [1.29, 1.82) is 0 Å². The molecule has 0 radical (unpaired) electrons. The van der Waals surface area contributed by atoms with Gasteiger partial charge < -0.3 is 4.57 Å². The van der Waals surface area contributed by atoms with Gasteiger partial charge in [-0.2, -0.15) is 0 Å². The van der Waals surface area contributed by atoms with Crippen LogP contribution in [0.2, 0.25) is 0 Å². The highest BCUT2D eigenvalue weighted by Crippen LogP contribution is 2.12. The van der Waals surface area contributed by atoms with Gasteiger partial charge in [-0.1, -0.05) is 31.2 Å². The zero-order chi connectivity index (χ0) is 11.4. The van der Waals surface area contributed by atoms with Crippen molar-refractivity contribution in [1.82, 2.24) is 4.57 Å². The Balaban J connectivity index is 2.30. The lowest BCUT2D eigenvalue weighted by Gasteiger charge is -2.09. The zero-order valence-electron chi connectivity index (χ0n) is 9.39. The van der Waals surface area contributed by atoms with Crippen molar-refractivity contribution in [3.63, 3.8) is 0 Å². The second-order valence-electron chi connectivity index (χ2n) is 3.80. The first-order valence-corrected chi connectivity index (χ1v) is 5.52. The van der Waals surface area contributed by atoms with E-state index in [-0.39, 0.29) is 0 Å². The van der Waals surface area contributed by atoms with E-state index in [1.54, 1.807) is 0 Å². The Morgan fingerprint density at radius 3 is 2.56 bits per heavy atom. The lowest BCUT2D eigenvalue weighted by molar-refractivity contribution is 0.111. The van der Waals surface area contributed by atoms with Crippen LogP contribution in [0.4, 0.5) is 0 Å². The minimum Gasteiger partial charge on any atom is -0.341 e. The fourth-order valence-corrected chi connectivity index (χ4v) is 1.92. The van der Waals surface area contributed by atoms with Crippen LogP contribution in [0.3, 0.4) is 0 Å². The van der Waals surface area contributed by atoms with E-state index in [4.69, 9.17) is 0 Å². The van der Waals surface area contributed by atoms with Gasteiger partial charge in [-0.25, -0.2) is 0 Å². The van der Waals surface area contributed by atoms with Gasteiger partial charge in [0.05, 0.1) is 5.69 Å². The number of carbonyl (C=O) groups is 1. The summed E-state index contributed by atoms with van der Waals surface area (Å²) in [6.07, 6.45) is 3.86. The van der Waals surface area contributed by atoms with Crippen molar-refractivity contribution in [3.05, 3.63) is 59.4 Å². The molecule has 1 aromatic carbocycles. The molecule has 2 rings (SSSR count). The van der Waals surface area contributed by atoms with E-state index in [1.165, 1.54) is 11.1 Å². The van der Waals surface area contributed by atoms with Crippen LogP contribution in [0.5, 0.6) is 0 Å². The maximum absolute atomic E-state index is 10.8. The molecule has 0 aliphatic carbocycles. The molecule has 0 fully saturated rings. The topological polar surface area (TPSA) is 22.0 Å². The first-order valence-electron chi connectivity index (χ1n) is 5.52. The third kappa shape index (κ3) is 2.06. The van der Waals surface area contributed by atoms with E-state index in [9.17, 15) is 4.79 Å². The summed E-state index contributed by atoms with van der Waals surface area (Å²) < 4.78 is 1.97. The minimum absolute atomic E-state index is 0.728. The maximum Gasteiger partial charge on any atom is 0.166 e. The fourth-order valence-electron chi connectivity index (χ4n) is 1.92. The van der Waals surface area contributed by atoms with Crippen LogP contribution in [-0.2, 0) is 13.0 Å². The standard InChI is InChI=1S/C14H15NO/c1-2-12-6-3-4-7-13(12)10-15-9-5-8-14(15)11-16/h3-9,11H,2,10H2,1H3. The van der Waals surface area contributed by atoms with Crippen molar-refractivity contribution in [2.45, 2.75) is 19.9 Å². The highest BCUT2D eigenvalue weighted by Gasteiger charge is 2.03. The molecule has 0 N–H and O–H groups in total. The number of rotatable bonds is 4. The molecule has 0 spiro atoms. The van der Waals surface area contributed by atoms with Gasteiger partial charge in [0.2, 0.25) is 0 Å². The quantitative estimate of drug-likeness (QED) is 0.716. The molecule has 1 heterocycles. The predicted molar refractivity (Wildman–Crippen MR) is 64.7 cm³/mol. The monoisotopic (exact) mass is 213 g/mol. The van der Waals surface area contributed by atoms with Crippen LogP contribution in [0.1, 0.15) is 28.5 Å². The molecular formula is C14H15NO. The molecule has 2 heteroatoms. The van der Waals surface area contributed by atoms with Crippen LogP contribution < -0.4 is 0 Å². The summed E-state index contributed by atoms with van der Waals surface area (Å²) in [5, 5.41) is 0. The van der Waals surface area contributed by atoms with Gasteiger partial charge in [0.1, 0.15) is 0 Å². The first-order chi connectivity index (χ1) is 7.85. The van der Waals surface area contributed by atoms with E-state index in [1.807, 2.05) is 29.0 Å². The van der Waals surface area contributed by atoms with Gasteiger partial charge in [0.15, 0.2) is 6.29 Å². The molecule has 0 bridgehead atoms. The van der Waals surface area contributed by atoms with Gasteiger partial charge in [-0.3, -0.25) is 4.79 Å². The number of nitrogens with zero attached hydrogens (tertiary/aromatic N) is 1. The van der Waals surface area contributed by atoms with Crippen LogP contribution in [-0.4, -0.2) is 10.9 Å². The molecule has 0 amide bonds. The van der Waals surface area contributed by atoms with Crippen LogP contribution in [0.25, 0.3) is 0 Å². The van der Waals surface area contributed by atoms with E-state index >= 15 is 0 Å². The van der Waals surface area contributed by atoms with Gasteiger partial charge in [-0.05, 0) is 29.7 Å². The SMILES string of the molecule is CCc1ccccc1Cn1cccc1C=O. The Bertz CT molecular complexity index is 485. The molecular weight excluding hydrogens is 198 g/mol. The number of aryl methyl sites for hydroxylation is 1. The van der Waals surface area contributed by atoms with Crippen molar-refractivity contribution in [3.8, 4) is 0 Å². The maximum atomic E-state index is 10.8. The molecule has 2 aromatic rings. The van der Waals surface area contributed by atoms with E-state index in [0.717, 1.165) is 24.9 Å². The summed E-state index contributed by atoms with van der Waals surface area (Å²) in [6, 6.07) is 12.1. The average Bonchev–Trinajstić information content (AvgIpc) is 2.77. The smallest absolute Gasteiger partial charge is 0.166 e. The van der Waals surface area contributed by atoms with Gasteiger partial charge in [0, 0.05) is 12.7 Å². The Labute approximate surface area is 95.5 Å². The van der Waals surface area contributed by atoms with Crippen molar-refractivity contribution < 1.29 is 4.79 Å². The number of aromatic nitrogens is 1. The molecule has 0 aliphatic rings. The highest BCUT2D eigenvalue weighted by atomic mass is 16.1. The Kier molecular flexibility index (Phi) is 3.20. The minimum atomic E-state index is 0.728. The van der Waals surface area contributed by atoms with Crippen LogP contribution in [0.15, 0.2) is 42.6 Å². The number of hydrogen-bond donors (Lipinski definition) is 0. The van der Waals surface area contributed by atoms with E-state index in [0.29, 0.717) is 0 Å². The average molecular weight is 213 g/mol. The normalized spacial score (nSPS) is 10.3. The molecule has 16 heavy (non-hydrogen) atoms. The molecule has 1 aromatic heterocycles. The summed E-state index contributed by atoms with van der Waals surface area (Å²) in [5.74, 6) is 0. The first kappa shape index (κ1) is 10.7. The third-order valence-electron chi connectivity index (χ3n) is 2.83. The second kappa shape index (κ2) is 4.79. The Hall–Kier alpha value is -1.83. The van der Waals surface area contributed by atoms with Crippen molar-refractivity contribution in [2.24, 2.45) is 0 Å². The molecule has 2 nitrogen and oxygen atoms in total. The molecule has 0 unspecified atom stereocenters. The van der Waals surface area contributed by atoms with E-state index in [2.05, 4.69) is 25.1 Å². The highest BCUT2D eigenvalue weighted by molar-refractivity contribution is 5.72. The third-order valence-corrected chi connectivity index (χ3v) is 2.83. The molecule has 0 saturated carbocycles. The van der Waals surface area contributed by atoms with Crippen molar-refractivity contribution >= 4 is 6.29 Å². The largest absolute Gasteiger partial charge is 0.341 e. The summed E-state index contributed by atoms with van der Waals surface area (Å²) in [5.41, 5.74) is 3.35. The lowest BCUT2D eigenvalue weighted by Crippen LogP contribution is -2.04. The summed E-state index contributed by atoms with van der Waals surface area (Å²) in [7, 11) is 0. The summed E-state index contributed by atoms with van der Waals surface area (Å²) in [6.45, 7) is 2.92. The van der Waals surface area contributed by atoms with Crippen LogP contribution >= 0.6 is 0 Å². The van der Waals surface area contributed by atoms with Gasteiger partial charge in [-0.15, -0.1) is 0 Å². The van der Waals surface area contributed by atoms with Gasteiger partial charge in [0.25, 0.3) is 0 Å². The zero-order valence-corrected chi connectivity index (χ0v) is 9.39. The molecule has 0 aliphatic heterocycles.